The summed E-state index contributed by atoms with van der Waals surface area (Å²) >= 11 is 0. The Morgan fingerprint density at radius 1 is 0.850 bits per heavy atom. The molecule has 0 aliphatic heterocycles. The summed E-state index contributed by atoms with van der Waals surface area (Å²) in [6, 6.07) is 0. The molecule has 0 saturated carbocycles. The van der Waals surface area contributed by atoms with Gasteiger partial charge in [0.1, 0.15) is 0 Å². The van der Waals surface area contributed by atoms with E-state index in [0.717, 1.165) is 22.4 Å². The van der Waals surface area contributed by atoms with Crippen molar-refractivity contribution < 1.29 is 38.6 Å². The summed E-state index contributed by atoms with van der Waals surface area (Å²) in [5.41, 5.74) is 8.86. The first kappa shape index (κ1) is 22.5. The maximum Gasteiger partial charge on any atom is 2.00 e. The summed E-state index contributed by atoms with van der Waals surface area (Å²) in [7, 11) is 0.750. The number of halogens is 1. The summed E-state index contributed by atoms with van der Waals surface area (Å²) in [5.74, 6) is 0. The monoisotopic (exact) mass is 383 g/mol. The van der Waals surface area contributed by atoms with Gasteiger partial charge in [0.15, 0.2) is 0 Å². The summed E-state index contributed by atoms with van der Waals surface area (Å²) in [6.45, 7) is 13.3. The van der Waals surface area contributed by atoms with Crippen molar-refractivity contribution in [1.82, 2.24) is 0 Å². The molecule has 0 unspecified atom stereocenters. The molecule has 0 saturated heterocycles. The SMILES string of the molecule is CC1=CC(C)=C([CH-]C2=C(C)C=C(C)C2)C1.C[SiH]C.[Cl-].[Zr+2]. The zero-order chi connectivity index (χ0) is 13.7. The van der Waals surface area contributed by atoms with E-state index >= 15 is 0 Å². The Labute approximate surface area is 153 Å². The molecule has 0 nitrogen and oxygen atoms in total. The molecule has 0 aromatic carbocycles. The van der Waals surface area contributed by atoms with E-state index < -0.39 is 0 Å². The van der Waals surface area contributed by atoms with Crippen molar-refractivity contribution in [3.8, 4) is 0 Å². The van der Waals surface area contributed by atoms with Gasteiger partial charge in [-0.3, -0.25) is 0 Å². The number of rotatable bonds is 2. The zero-order valence-electron chi connectivity index (χ0n) is 13.6. The van der Waals surface area contributed by atoms with Crippen LogP contribution in [0.4, 0.5) is 0 Å². The van der Waals surface area contributed by atoms with E-state index in [1.165, 1.54) is 33.4 Å². The van der Waals surface area contributed by atoms with E-state index in [1.807, 2.05) is 0 Å². The Morgan fingerprint density at radius 2 is 1.15 bits per heavy atom. The molecule has 2 rings (SSSR count). The van der Waals surface area contributed by atoms with Crippen molar-refractivity contribution in [3.63, 3.8) is 0 Å². The van der Waals surface area contributed by atoms with E-state index in [0.29, 0.717) is 0 Å². The van der Waals surface area contributed by atoms with Gasteiger partial charge < -0.3 is 12.4 Å². The van der Waals surface area contributed by atoms with Gasteiger partial charge in [-0.15, -0.1) is 34.4 Å². The Morgan fingerprint density at radius 3 is 1.35 bits per heavy atom. The van der Waals surface area contributed by atoms with Crippen molar-refractivity contribution in [1.29, 1.82) is 0 Å². The fourth-order valence-corrected chi connectivity index (χ4v) is 2.45. The van der Waals surface area contributed by atoms with Gasteiger partial charge in [-0.25, -0.2) is 0 Å². The normalized spacial score (nSPS) is 16.7. The maximum atomic E-state index is 2.39. The maximum absolute atomic E-state index is 2.39. The molecule has 2 aliphatic rings. The molecule has 0 aromatic rings. The molecule has 0 fully saturated rings. The van der Waals surface area contributed by atoms with Crippen LogP contribution >= 0.6 is 0 Å². The van der Waals surface area contributed by atoms with E-state index in [9.17, 15) is 0 Å². The molecular weight excluding hydrogens is 359 g/mol. The molecule has 109 valence electrons. The van der Waals surface area contributed by atoms with Crippen LogP contribution in [0.25, 0.3) is 0 Å². The summed E-state index contributed by atoms with van der Waals surface area (Å²) < 4.78 is 0. The van der Waals surface area contributed by atoms with Crippen LogP contribution in [0.2, 0.25) is 13.1 Å². The first-order chi connectivity index (χ1) is 8.47. The first-order valence-electron chi connectivity index (χ1n) is 6.80. The third-order valence-corrected chi connectivity index (χ3v) is 3.23. The zero-order valence-corrected chi connectivity index (χ0v) is 18.0. The molecule has 0 heterocycles. The molecule has 0 spiro atoms. The van der Waals surface area contributed by atoms with Crippen LogP contribution < -0.4 is 12.4 Å². The average Bonchev–Trinajstić information content (AvgIpc) is 2.72. The Bertz CT molecular complexity index is 402. The van der Waals surface area contributed by atoms with Gasteiger partial charge in [0, 0.05) is 9.52 Å². The third kappa shape index (κ3) is 6.78. The second-order valence-electron chi connectivity index (χ2n) is 5.47. The molecule has 0 aromatic heterocycles. The molecule has 20 heavy (non-hydrogen) atoms. The van der Waals surface area contributed by atoms with Gasteiger partial charge in [-0.2, -0.15) is 6.42 Å². The molecule has 1 radical (unpaired) electrons. The summed E-state index contributed by atoms with van der Waals surface area (Å²) in [4.78, 5) is 0. The third-order valence-electron chi connectivity index (χ3n) is 3.23. The first-order valence-corrected chi connectivity index (χ1v) is 9.11. The fourth-order valence-electron chi connectivity index (χ4n) is 2.45. The van der Waals surface area contributed by atoms with Crippen LogP contribution in [0, 0.1) is 6.42 Å². The minimum absolute atomic E-state index is 0. The van der Waals surface area contributed by atoms with Crippen molar-refractivity contribution in [2.75, 3.05) is 0 Å². The van der Waals surface area contributed by atoms with Crippen molar-refractivity contribution in [3.05, 3.63) is 52.0 Å². The van der Waals surface area contributed by atoms with Crippen LogP contribution in [-0.2, 0) is 26.2 Å². The largest absolute Gasteiger partial charge is 2.00 e. The van der Waals surface area contributed by atoms with Gasteiger partial charge in [0.2, 0.25) is 0 Å². The van der Waals surface area contributed by atoms with Crippen LogP contribution in [0.3, 0.4) is 0 Å². The molecule has 3 heteroatoms. The molecular formula is C17H26ClSiZr. The minimum atomic E-state index is 0. The van der Waals surface area contributed by atoms with Gasteiger partial charge in [-0.05, 0) is 26.7 Å². The molecule has 2 aliphatic carbocycles. The van der Waals surface area contributed by atoms with Gasteiger partial charge >= 0.3 is 26.2 Å². The minimum Gasteiger partial charge on any atom is -1.00 e. The summed E-state index contributed by atoms with van der Waals surface area (Å²) in [6.07, 6.45) is 9.28. The quantitative estimate of drug-likeness (QED) is 0.504. The topological polar surface area (TPSA) is 0 Å². The Hall–Kier alpha value is 0.220. The molecule has 0 N–H and O–H groups in total. The number of allylic oxidation sites excluding steroid dienone is 8. The van der Waals surface area contributed by atoms with Crippen molar-refractivity contribution in [2.24, 2.45) is 0 Å². The van der Waals surface area contributed by atoms with Gasteiger partial charge in [-0.1, -0.05) is 38.1 Å². The molecule has 0 atom stereocenters. The Balaban J connectivity index is 0. The molecule has 0 bridgehead atoms. The average molecular weight is 385 g/mol. The number of hydrogen-bond acceptors (Lipinski definition) is 0. The second-order valence-corrected chi connectivity index (χ2v) is 6.63. The van der Waals surface area contributed by atoms with E-state index in [-0.39, 0.29) is 38.6 Å². The van der Waals surface area contributed by atoms with Gasteiger partial charge in [0.05, 0.1) is 0 Å². The van der Waals surface area contributed by atoms with E-state index in [4.69, 9.17) is 0 Å². The van der Waals surface area contributed by atoms with Gasteiger partial charge in [0.25, 0.3) is 0 Å². The Kier molecular flexibility index (Phi) is 12.2. The van der Waals surface area contributed by atoms with Crippen molar-refractivity contribution in [2.45, 2.75) is 53.6 Å². The second kappa shape index (κ2) is 10.9. The fraction of sp³-hybridized carbons (Fsp3) is 0.471. The summed E-state index contributed by atoms with van der Waals surface area (Å²) in [5, 5.41) is 0. The van der Waals surface area contributed by atoms with E-state index in [2.05, 4.69) is 59.4 Å². The standard InChI is InChI=1S/C15H19.C2H7Si.ClH.Zr/c1-10-5-12(3)14(7-10)9-15-8-11(2)6-13(15)4;1-3-2;;/h5-6,9H,7-8H2,1-4H3;3H,1-2H3;1H;/q-1;;;+2/p-1. The number of hydrogen-bond donors (Lipinski definition) is 0. The molecule has 0 amide bonds. The predicted octanol–water partition coefficient (Wildman–Crippen LogP) is 2.04. The van der Waals surface area contributed by atoms with Crippen LogP contribution in [-0.4, -0.2) is 9.52 Å². The smallest absolute Gasteiger partial charge is 1.00 e. The van der Waals surface area contributed by atoms with Crippen molar-refractivity contribution >= 4 is 9.52 Å². The van der Waals surface area contributed by atoms with Crippen LogP contribution in [0.5, 0.6) is 0 Å². The van der Waals surface area contributed by atoms with E-state index in [1.54, 1.807) is 0 Å². The van der Waals surface area contributed by atoms with Crippen LogP contribution in [0.15, 0.2) is 45.6 Å². The van der Waals surface area contributed by atoms with Crippen LogP contribution in [0.1, 0.15) is 40.5 Å². The predicted molar refractivity (Wildman–Crippen MR) is 85.3 cm³/mol.